The van der Waals surface area contributed by atoms with Crippen LogP contribution in [0.5, 0.6) is 0 Å². The van der Waals surface area contributed by atoms with Crippen LogP contribution in [0, 0.1) is 10.8 Å². The van der Waals surface area contributed by atoms with Crippen molar-refractivity contribution in [1.29, 1.82) is 0 Å². The van der Waals surface area contributed by atoms with Crippen LogP contribution in [-0.4, -0.2) is 24.7 Å². The lowest BCUT2D eigenvalue weighted by atomic mass is 9.76. The lowest BCUT2D eigenvalue weighted by molar-refractivity contribution is -0.117. The molecule has 3 rings (SSSR count). The summed E-state index contributed by atoms with van der Waals surface area (Å²) in [6.45, 7) is 15.0. The van der Waals surface area contributed by atoms with E-state index in [1.54, 1.807) is 0 Å². The van der Waals surface area contributed by atoms with Gasteiger partial charge in [-0.15, -0.1) is 0 Å². The highest BCUT2D eigenvalue weighted by molar-refractivity contribution is 5.97. The Kier molecular flexibility index (Phi) is 10.8. The molecule has 0 radical (unpaired) electrons. The maximum Gasteiger partial charge on any atom is 0.160 e. The molecule has 2 aliphatic heterocycles. The summed E-state index contributed by atoms with van der Waals surface area (Å²) in [4.78, 5) is 30.7. The number of hydrogen-bond donors (Lipinski definition) is 0. The lowest BCUT2D eigenvalue weighted by Crippen LogP contribution is -2.35. The third-order valence-corrected chi connectivity index (χ3v) is 8.61. The van der Waals surface area contributed by atoms with Crippen molar-refractivity contribution in [2.24, 2.45) is 10.8 Å². The molecule has 0 spiro atoms. The number of carbonyl (C=O) groups is 2. The summed E-state index contributed by atoms with van der Waals surface area (Å²) in [5.41, 5.74) is 4.01. The number of Topliss-reactive ketones (excluding diaryl/α,β-unsaturated/α-hetero) is 2. The fourth-order valence-corrected chi connectivity index (χ4v) is 5.70. The summed E-state index contributed by atoms with van der Waals surface area (Å²) >= 11 is 0. The third kappa shape index (κ3) is 7.83. The third-order valence-electron chi connectivity index (χ3n) is 8.61. The van der Waals surface area contributed by atoms with Crippen LogP contribution >= 0.6 is 0 Å². The van der Waals surface area contributed by atoms with Crippen LogP contribution in [0.25, 0.3) is 0 Å². The van der Waals surface area contributed by atoms with Crippen LogP contribution in [0.15, 0.2) is 47.8 Å². The first-order valence-electron chi connectivity index (χ1n) is 15.2. The predicted octanol–water partition coefficient (Wildman–Crippen LogP) is 9.01. The molecule has 38 heavy (non-hydrogen) atoms. The number of benzene rings is 1. The Morgan fingerprint density at radius 3 is 1.34 bits per heavy atom. The van der Waals surface area contributed by atoms with Gasteiger partial charge in [0, 0.05) is 60.9 Å². The van der Waals surface area contributed by atoms with Gasteiger partial charge >= 0.3 is 0 Å². The van der Waals surface area contributed by atoms with Crippen molar-refractivity contribution in [3.05, 3.63) is 47.8 Å². The highest BCUT2D eigenvalue weighted by atomic mass is 16.1. The standard InChI is InChI=1S/C34H52N2O2/c1-7-9-11-13-15-31(37)29-25-35(23-21-33(29,3)4)27-17-19-28(20-18-27)36-24-22-34(5,6)30(26-36)32(38)16-14-12-10-8-2/h17-20,25-26H,7-16,21-24H2,1-6H3. The number of ketones is 2. The Balaban J connectivity index is 1.73. The van der Waals surface area contributed by atoms with E-state index in [-0.39, 0.29) is 10.8 Å². The second kappa shape index (κ2) is 13.6. The highest BCUT2D eigenvalue weighted by Crippen LogP contribution is 2.40. The van der Waals surface area contributed by atoms with Crippen molar-refractivity contribution in [3.63, 3.8) is 0 Å². The van der Waals surface area contributed by atoms with E-state index in [4.69, 9.17) is 0 Å². The molecule has 210 valence electrons. The van der Waals surface area contributed by atoms with Crippen molar-refractivity contribution in [2.75, 3.05) is 22.9 Å². The first kappa shape index (κ1) is 30.2. The van der Waals surface area contributed by atoms with Crippen molar-refractivity contribution in [1.82, 2.24) is 0 Å². The molecular formula is C34H52N2O2. The van der Waals surface area contributed by atoms with Gasteiger partial charge in [0.05, 0.1) is 0 Å². The monoisotopic (exact) mass is 520 g/mol. The zero-order valence-electron chi connectivity index (χ0n) is 25.1. The maximum absolute atomic E-state index is 13.1. The molecule has 2 aliphatic rings. The molecule has 1 aromatic carbocycles. The van der Waals surface area contributed by atoms with Crippen LogP contribution in [0.1, 0.15) is 119 Å². The van der Waals surface area contributed by atoms with Gasteiger partial charge in [-0.2, -0.15) is 0 Å². The quantitative estimate of drug-likeness (QED) is 0.229. The van der Waals surface area contributed by atoms with E-state index < -0.39 is 0 Å². The van der Waals surface area contributed by atoms with E-state index in [9.17, 15) is 9.59 Å². The molecule has 4 nitrogen and oxygen atoms in total. The molecule has 0 amide bonds. The van der Waals surface area contributed by atoms with Crippen LogP contribution < -0.4 is 9.80 Å². The van der Waals surface area contributed by atoms with Crippen LogP contribution in [0.3, 0.4) is 0 Å². The van der Waals surface area contributed by atoms with Crippen molar-refractivity contribution in [2.45, 2.75) is 119 Å². The molecular weight excluding hydrogens is 468 g/mol. The summed E-state index contributed by atoms with van der Waals surface area (Å²) in [6, 6.07) is 8.64. The first-order valence-corrected chi connectivity index (χ1v) is 15.2. The molecule has 2 heterocycles. The van der Waals surface area contributed by atoms with Gasteiger partial charge < -0.3 is 9.80 Å². The first-order chi connectivity index (χ1) is 18.1. The molecule has 0 atom stereocenters. The van der Waals surface area contributed by atoms with Gasteiger partial charge in [0.15, 0.2) is 11.6 Å². The Morgan fingerprint density at radius 2 is 1.00 bits per heavy atom. The van der Waals surface area contributed by atoms with E-state index in [1.807, 2.05) is 0 Å². The number of hydrogen-bond acceptors (Lipinski definition) is 4. The van der Waals surface area contributed by atoms with E-state index in [0.717, 1.165) is 74.1 Å². The summed E-state index contributed by atoms with van der Waals surface area (Å²) in [5.74, 6) is 0.612. The fraction of sp³-hybridized carbons (Fsp3) is 0.647. The minimum absolute atomic E-state index is 0.0802. The SMILES string of the molecule is CCCCCCC(=O)C1=CN(c2ccc(N3C=C(C(=O)CCCCCC)C(C)(C)CC3)cc2)CCC1(C)C. The van der Waals surface area contributed by atoms with Gasteiger partial charge in [-0.1, -0.05) is 80.1 Å². The maximum atomic E-state index is 13.1. The normalized spacial score (nSPS) is 18.7. The summed E-state index contributed by atoms with van der Waals surface area (Å²) < 4.78 is 0. The smallest absolute Gasteiger partial charge is 0.160 e. The molecule has 1 aromatic rings. The second-order valence-electron chi connectivity index (χ2n) is 12.7. The molecule has 0 saturated carbocycles. The van der Waals surface area contributed by atoms with Gasteiger partial charge in [0.1, 0.15) is 0 Å². The summed E-state index contributed by atoms with van der Waals surface area (Å²) in [7, 11) is 0. The Bertz CT molecular complexity index is 919. The summed E-state index contributed by atoms with van der Waals surface area (Å²) in [5, 5.41) is 0. The van der Waals surface area contributed by atoms with Crippen LogP contribution in [0.2, 0.25) is 0 Å². The largest absolute Gasteiger partial charge is 0.348 e. The number of allylic oxidation sites excluding steroid dienone is 2. The Labute approximate surface area is 232 Å². The average Bonchev–Trinajstić information content (AvgIpc) is 2.89. The van der Waals surface area contributed by atoms with Crippen molar-refractivity contribution < 1.29 is 9.59 Å². The molecule has 4 heteroatoms. The number of nitrogens with zero attached hydrogens (tertiary/aromatic N) is 2. The minimum atomic E-state index is -0.0802. The molecule has 0 fully saturated rings. The van der Waals surface area contributed by atoms with E-state index in [2.05, 4.69) is 88.0 Å². The number of carbonyl (C=O) groups excluding carboxylic acids is 2. The molecule has 0 N–H and O–H groups in total. The molecule has 0 aliphatic carbocycles. The number of unbranched alkanes of at least 4 members (excludes halogenated alkanes) is 6. The van der Waals surface area contributed by atoms with Gasteiger partial charge in [0.25, 0.3) is 0 Å². The second-order valence-corrected chi connectivity index (χ2v) is 12.7. The number of rotatable bonds is 14. The van der Waals surface area contributed by atoms with Gasteiger partial charge in [-0.25, -0.2) is 0 Å². The fourth-order valence-electron chi connectivity index (χ4n) is 5.70. The number of anilines is 2. The zero-order chi connectivity index (χ0) is 27.8. The minimum Gasteiger partial charge on any atom is -0.348 e. The highest BCUT2D eigenvalue weighted by Gasteiger charge is 2.34. The molecule has 0 bridgehead atoms. The predicted molar refractivity (Wildman–Crippen MR) is 162 cm³/mol. The van der Waals surface area contributed by atoms with Crippen molar-refractivity contribution in [3.8, 4) is 0 Å². The van der Waals surface area contributed by atoms with E-state index >= 15 is 0 Å². The topological polar surface area (TPSA) is 40.6 Å². The summed E-state index contributed by atoms with van der Waals surface area (Å²) in [6.07, 6.45) is 16.5. The van der Waals surface area contributed by atoms with Gasteiger partial charge in [0.2, 0.25) is 0 Å². The van der Waals surface area contributed by atoms with E-state index in [1.165, 1.54) is 25.7 Å². The van der Waals surface area contributed by atoms with Crippen LogP contribution in [0.4, 0.5) is 11.4 Å². The molecule has 0 aromatic heterocycles. The molecule has 0 unspecified atom stereocenters. The van der Waals surface area contributed by atoms with Gasteiger partial charge in [-0.3, -0.25) is 9.59 Å². The van der Waals surface area contributed by atoms with Gasteiger partial charge in [-0.05, 0) is 60.8 Å². The average molecular weight is 521 g/mol. The Morgan fingerprint density at radius 1 is 0.632 bits per heavy atom. The Hall–Kier alpha value is -2.36. The lowest BCUT2D eigenvalue weighted by Gasteiger charge is -2.38. The van der Waals surface area contributed by atoms with Crippen molar-refractivity contribution >= 4 is 22.9 Å². The van der Waals surface area contributed by atoms with E-state index in [0.29, 0.717) is 24.4 Å². The molecule has 0 saturated heterocycles. The van der Waals surface area contributed by atoms with Crippen LogP contribution in [-0.2, 0) is 9.59 Å². The zero-order valence-corrected chi connectivity index (χ0v) is 25.1.